The molecular weight excluding hydrogens is 643 g/mol. The summed E-state index contributed by atoms with van der Waals surface area (Å²) >= 11 is 0. The van der Waals surface area contributed by atoms with Gasteiger partial charge in [0.15, 0.2) is 11.6 Å². The van der Waals surface area contributed by atoms with Crippen LogP contribution in [0.5, 0.6) is 5.75 Å². The number of imide groups is 1. The highest BCUT2D eigenvalue weighted by Gasteiger charge is 2.39. The van der Waals surface area contributed by atoms with Crippen LogP contribution in [0, 0.1) is 5.82 Å². The molecule has 2 aromatic carbocycles. The van der Waals surface area contributed by atoms with Crippen LogP contribution in [0.15, 0.2) is 48.7 Å². The summed E-state index contributed by atoms with van der Waals surface area (Å²) in [5.41, 5.74) is 5.37. The molecule has 0 aliphatic carbocycles. The number of hydrogen-bond donors (Lipinski definition) is 2. The van der Waals surface area contributed by atoms with Crippen molar-refractivity contribution in [3.05, 3.63) is 71.2 Å². The van der Waals surface area contributed by atoms with E-state index >= 15 is 0 Å². The van der Waals surface area contributed by atoms with E-state index in [0.717, 1.165) is 56.1 Å². The Bertz CT molecular complexity index is 1430. The fraction of sp³-hybridized carbons (Fsp3) is 0.459. The topological polar surface area (TPSA) is 132 Å². The molecule has 13 heteroatoms. The van der Waals surface area contributed by atoms with E-state index in [2.05, 4.69) is 36.4 Å². The highest BCUT2D eigenvalue weighted by atomic mass is 19.1. The summed E-state index contributed by atoms with van der Waals surface area (Å²) in [5, 5.41) is 4.68. The van der Waals surface area contributed by atoms with Crippen LogP contribution < -0.4 is 20.3 Å². The molecule has 2 N–H and O–H groups in total. The largest absolute Gasteiger partial charge is 0.494 e. The number of benzene rings is 2. The molecule has 0 radical (unpaired) electrons. The second-order valence-electron chi connectivity index (χ2n) is 10.9. The molecule has 0 spiro atoms. The number of likely N-dealkylation sites (N-methyl/N-ethyl adjacent to an activating group) is 1. The Morgan fingerprint density at radius 1 is 1.04 bits per heavy atom. The van der Waals surface area contributed by atoms with Crippen LogP contribution in [0.2, 0.25) is 0 Å². The minimum atomic E-state index is -0.556. The number of fused-ring (bicyclic) bond motifs is 1. The molecule has 0 bridgehead atoms. The molecule has 1 unspecified atom stereocenters. The van der Waals surface area contributed by atoms with E-state index < -0.39 is 5.82 Å². The zero-order chi connectivity index (χ0) is 37.6. The first-order valence-electron chi connectivity index (χ1n) is 16.8. The first-order valence-corrected chi connectivity index (χ1v) is 16.8. The Kier molecular flexibility index (Phi) is 20.3. The number of hydrogen-bond acceptors (Lipinski definition) is 8. The molecule has 0 aromatic heterocycles. The third-order valence-electron chi connectivity index (χ3n) is 7.94. The van der Waals surface area contributed by atoms with Crippen molar-refractivity contribution in [1.82, 2.24) is 25.3 Å². The van der Waals surface area contributed by atoms with Crippen LogP contribution in [0.4, 0.5) is 10.1 Å². The Labute approximate surface area is 295 Å². The molecule has 2 fully saturated rings. The molecule has 0 saturated carbocycles. The molecule has 3 heterocycles. The monoisotopic (exact) mass is 696 g/mol. The smallest absolute Gasteiger partial charge is 0.257 e. The third kappa shape index (κ3) is 12.2. The Hall–Kier alpha value is -4.84. The van der Waals surface area contributed by atoms with Crippen LogP contribution in [0.1, 0.15) is 62.0 Å². The molecule has 5 rings (SSSR count). The van der Waals surface area contributed by atoms with Gasteiger partial charge in [0, 0.05) is 51.9 Å². The number of amides is 5. The summed E-state index contributed by atoms with van der Waals surface area (Å²) in [6.07, 6.45) is 3.44. The van der Waals surface area contributed by atoms with Gasteiger partial charge < -0.3 is 30.1 Å². The Morgan fingerprint density at radius 2 is 1.64 bits per heavy atom. The third-order valence-corrected chi connectivity index (χ3v) is 7.94. The highest BCUT2D eigenvalue weighted by molar-refractivity contribution is 6.04. The Balaban J connectivity index is 0.000000418. The first-order chi connectivity index (χ1) is 24.1. The van der Waals surface area contributed by atoms with Gasteiger partial charge in [-0.05, 0) is 62.0 Å². The molecule has 1 atom stereocenters. The van der Waals surface area contributed by atoms with Gasteiger partial charge in [-0.15, -0.1) is 5.73 Å². The summed E-state index contributed by atoms with van der Waals surface area (Å²) in [6, 6.07) is 10.5. The number of piperazine rings is 1. The molecule has 12 nitrogen and oxygen atoms in total. The molecular formula is C37H53FN6O6. The SMILES string of the molecule is C=C=Cc1ccc(N2C(=O)CCC2C(=O)N2CCN(CC)CC2)cc1.CC.CCNC.COc1ccc2c(c1F)C(=O)N(C)C2.O=CNC=O. The molecule has 3 aliphatic heterocycles. The first kappa shape index (κ1) is 43.2. The van der Waals surface area contributed by atoms with Gasteiger partial charge in [0.05, 0.1) is 12.7 Å². The van der Waals surface area contributed by atoms with Crippen molar-refractivity contribution in [3.8, 4) is 5.75 Å². The van der Waals surface area contributed by atoms with Crippen LogP contribution in [0.25, 0.3) is 6.08 Å². The van der Waals surface area contributed by atoms with Crippen molar-refractivity contribution in [3.63, 3.8) is 0 Å². The van der Waals surface area contributed by atoms with Gasteiger partial charge in [-0.3, -0.25) is 28.9 Å². The number of ether oxygens (including phenoxy) is 1. The van der Waals surface area contributed by atoms with E-state index in [1.54, 1.807) is 35.5 Å². The van der Waals surface area contributed by atoms with Crippen molar-refractivity contribution in [2.45, 2.75) is 53.1 Å². The summed E-state index contributed by atoms with van der Waals surface area (Å²) in [4.78, 5) is 62.4. The van der Waals surface area contributed by atoms with Crippen molar-refractivity contribution >= 4 is 42.3 Å². The maximum Gasteiger partial charge on any atom is 0.257 e. The minimum absolute atomic E-state index is 0.0255. The highest BCUT2D eigenvalue weighted by Crippen LogP contribution is 2.30. The zero-order valence-corrected chi connectivity index (χ0v) is 30.5. The second-order valence-corrected chi connectivity index (χ2v) is 10.9. The van der Waals surface area contributed by atoms with Crippen molar-refractivity contribution in [2.75, 3.05) is 65.4 Å². The quantitative estimate of drug-likeness (QED) is 0.316. The molecule has 274 valence electrons. The number of nitrogens with zero attached hydrogens (tertiary/aromatic N) is 4. The van der Waals surface area contributed by atoms with Gasteiger partial charge in [0.1, 0.15) is 6.04 Å². The van der Waals surface area contributed by atoms with Gasteiger partial charge in [0.25, 0.3) is 5.91 Å². The lowest BCUT2D eigenvalue weighted by atomic mass is 10.1. The zero-order valence-electron chi connectivity index (χ0n) is 30.5. The Morgan fingerprint density at radius 3 is 2.12 bits per heavy atom. The van der Waals surface area contributed by atoms with Crippen LogP contribution in [0.3, 0.4) is 0 Å². The second kappa shape index (κ2) is 23.5. The predicted octanol–water partition coefficient (Wildman–Crippen LogP) is 3.70. The standard InChI is InChI=1S/C20H25N3O2.C10H10FNO2.C3H9N.C2H3NO2.C2H6/c1-3-5-16-6-8-17(9-7-16)23-18(10-11-19(23)24)20(25)22-14-12-21(4-2)13-15-22;1-12-5-6-3-4-7(14-2)9(11)8(6)10(12)13;1-3-4-2;4-1-3-2-5;1-2/h5-9,18H,1,4,10-15H2,2H3;3-4H,5H2,1-2H3;4H,3H2,1-2H3;1-2H,(H,3,4,5);1-2H3. The van der Waals surface area contributed by atoms with Crippen LogP contribution >= 0.6 is 0 Å². The summed E-state index contributed by atoms with van der Waals surface area (Å²) in [6.45, 7) is 17.6. The number of rotatable bonds is 8. The predicted molar refractivity (Wildman–Crippen MR) is 194 cm³/mol. The van der Waals surface area contributed by atoms with E-state index in [-0.39, 0.29) is 35.1 Å². The summed E-state index contributed by atoms with van der Waals surface area (Å²) in [5.74, 6) is -0.614. The number of carbonyl (C=O) groups is 5. The van der Waals surface area contributed by atoms with Gasteiger partial charge in [-0.2, -0.15) is 0 Å². The number of halogens is 1. The average Bonchev–Trinajstić information content (AvgIpc) is 3.68. The van der Waals surface area contributed by atoms with E-state index in [1.807, 2.05) is 50.1 Å². The van der Waals surface area contributed by atoms with Crippen LogP contribution in [-0.2, 0) is 25.7 Å². The molecule has 2 saturated heterocycles. The summed E-state index contributed by atoms with van der Waals surface area (Å²) in [7, 11) is 4.96. The average molecular weight is 697 g/mol. The van der Waals surface area contributed by atoms with Crippen molar-refractivity contribution < 1.29 is 33.1 Å². The lowest BCUT2D eigenvalue weighted by Gasteiger charge is -2.36. The van der Waals surface area contributed by atoms with Crippen molar-refractivity contribution in [2.24, 2.45) is 0 Å². The van der Waals surface area contributed by atoms with E-state index in [0.29, 0.717) is 32.2 Å². The lowest BCUT2D eigenvalue weighted by Crippen LogP contribution is -2.54. The normalized spacial score (nSPS) is 16.0. The maximum atomic E-state index is 13.6. The minimum Gasteiger partial charge on any atom is -0.494 e. The van der Waals surface area contributed by atoms with Gasteiger partial charge in [0.2, 0.25) is 24.6 Å². The molecule has 3 aliphatic rings. The van der Waals surface area contributed by atoms with Gasteiger partial charge in [-0.1, -0.05) is 52.5 Å². The van der Waals surface area contributed by atoms with Gasteiger partial charge in [-0.25, -0.2) is 4.39 Å². The van der Waals surface area contributed by atoms with Crippen molar-refractivity contribution in [1.29, 1.82) is 0 Å². The van der Waals surface area contributed by atoms with Crippen LogP contribution in [-0.4, -0.2) is 112 Å². The van der Waals surface area contributed by atoms with E-state index in [4.69, 9.17) is 14.3 Å². The fourth-order valence-corrected chi connectivity index (χ4v) is 5.25. The van der Waals surface area contributed by atoms with Gasteiger partial charge >= 0.3 is 0 Å². The maximum absolute atomic E-state index is 13.6. The number of nitrogens with one attached hydrogen (secondary N) is 2. The number of methoxy groups -OCH3 is 1. The number of anilines is 1. The fourth-order valence-electron chi connectivity index (χ4n) is 5.25. The molecule has 50 heavy (non-hydrogen) atoms. The summed E-state index contributed by atoms with van der Waals surface area (Å²) < 4.78 is 18.4. The van der Waals surface area contributed by atoms with E-state index in [1.165, 1.54) is 12.0 Å². The molecule has 5 amide bonds. The lowest BCUT2D eigenvalue weighted by molar-refractivity contribution is -0.134. The van der Waals surface area contributed by atoms with E-state index in [9.17, 15) is 18.8 Å². The number of carbonyl (C=O) groups excluding carboxylic acids is 5. The molecule has 2 aromatic rings.